The zero-order chi connectivity index (χ0) is 30.5. The van der Waals surface area contributed by atoms with Crippen molar-refractivity contribution in [2.45, 2.75) is 63.1 Å². The van der Waals surface area contributed by atoms with Gasteiger partial charge in [-0.1, -0.05) is 38.1 Å². The number of aromatic nitrogens is 1. The van der Waals surface area contributed by atoms with Gasteiger partial charge in [0, 0.05) is 29.2 Å². The molecule has 224 valence electrons. The summed E-state index contributed by atoms with van der Waals surface area (Å²) in [7, 11) is 1.55. The molecule has 1 saturated heterocycles. The van der Waals surface area contributed by atoms with Gasteiger partial charge in [-0.2, -0.15) is 0 Å². The third-order valence-electron chi connectivity index (χ3n) is 8.61. The lowest BCUT2D eigenvalue weighted by molar-refractivity contribution is -0.145. The summed E-state index contributed by atoms with van der Waals surface area (Å²) in [6.45, 7) is 3.77. The van der Waals surface area contributed by atoms with Gasteiger partial charge in [-0.25, -0.2) is 0 Å². The number of carbonyl (C=O) groups excluding carboxylic acids is 5. The van der Waals surface area contributed by atoms with Crippen molar-refractivity contribution >= 4 is 46.0 Å². The van der Waals surface area contributed by atoms with Crippen LogP contribution >= 0.6 is 0 Å². The third-order valence-corrected chi connectivity index (χ3v) is 8.61. The first kappa shape index (κ1) is 28.4. The van der Waals surface area contributed by atoms with Crippen molar-refractivity contribution in [3.8, 4) is 5.75 Å². The van der Waals surface area contributed by atoms with E-state index in [1.807, 2.05) is 32.0 Å². The molecule has 3 heterocycles. The highest BCUT2D eigenvalue weighted by Crippen LogP contribution is 2.47. The van der Waals surface area contributed by atoms with Gasteiger partial charge in [0.05, 0.1) is 12.5 Å². The third kappa shape index (κ3) is 5.13. The number of anilines is 1. The standard InChI is InChI=1S/C32H35N5O6/c1-17(2)13-24(35-28(39)23-14-19-21(34-23)9-6-10-26(19)43-3)30(41)37-16-32(20-7-4-5-8-22(20)36-31(32)42)15-25(37)27(38)29(40)33-18-11-12-18/h4-10,14,17-18,24-25,34H,11-13,15-16H2,1-3H3,(H,33,40)(H,35,39)(H,36,42)/t24-,25?,32-/m0/s1. The Morgan fingerprint density at radius 2 is 1.86 bits per heavy atom. The molecule has 4 N–H and O–H groups in total. The van der Waals surface area contributed by atoms with Crippen LogP contribution in [-0.2, 0) is 24.6 Å². The number of amides is 4. The highest BCUT2D eigenvalue weighted by Gasteiger charge is 2.58. The van der Waals surface area contributed by atoms with Gasteiger partial charge in [0.25, 0.3) is 11.8 Å². The van der Waals surface area contributed by atoms with Crippen LogP contribution < -0.4 is 20.7 Å². The van der Waals surface area contributed by atoms with Crippen molar-refractivity contribution in [3.05, 3.63) is 59.8 Å². The monoisotopic (exact) mass is 585 g/mol. The summed E-state index contributed by atoms with van der Waals surface area (Å²) < 4.78 is 5.41. The summed E-state index contributed by atoms with van der Waals surface area (Å²) >= 11 is 0. The zero-order valence-electron chi connectivity index (χ0n) is 24.4. The van der Waals surface area contributed by atoms with E-state index in [0.29, 0.717) is 22.5 Å². The van der Waals surface area contributed by atoms with Gasteiger partial charge >= 0.3 is 0 Å². The fraction of sp³-hybridized carbons (Fsp3) is 0.406. The molecule has 1 saturated carbocycles. The number of methoxy groups -OCH3 is 1. The van der Waals surface area contributed by atoms with Crippen LogP contribution in [0, 0.1) is 5.92 Å². The van der Waals surface area contributed by atoms with E-state index in [9.17, 15) is 24.0 Å². The largest absolute Gasteiger partial charge is 0.496 e. The van der Waals surface area contributed by atoms with Gasteiger partial charge in [-0.3, -0.25) is 24.0 Å². The van der Waals surface area contributed by atoms with Crippen LogP contribution in [0.1, 0.15) is 55.6 Å². The summed E-state index contributed by atoms with van der Waals surface area (Å²) in [5.41, 5.74) is 1.08. The summed E-state index contributed by atoms with van der Waals surface area (Å²) in [5.74, 6) is -2.23. The van der Waals surface area contributed by atoms with Crippen LogP contribution in [0.15, 0.2) is 48.5 Å². The lowest BCUT2D eigenvalue weighted by atomic mass is 9.79. The second-order valence-electron chi connectivity index (χ2n) is 12.1. The minimum atomic E-state index is -1.19. The quantitative estimate of drug-likeness (QED) is 0.284. The molecule has 1 unspecified atom stereocenters. The van der Waals surface area contributed by atoms with Crippen molar-refractivity contribution in [2.75, 3.05) is 19.0 Å². The predicted octanol–water partition coefficient (Wildman–Crippen LogP) is 2.66. The average molecular weight is 586 g/mol. The number of hydrogen-bond donors (Lipinski definition) is 4. The number of nitrogens with zero attached hydrogens (tertiary/aromatic N) is 1. The molecule has 3 atom stereocenters. The van der Waals surface area contributed by atoms with Crippen LogP contribution in [0.3, 0.4) is 0 Å². The lowest BCUT2D eigenvalue weighted by Crippen LogP contribution is -2.54. The minimum absolute atomic E-state index is 0.0106. The molecule has 3 aliphatic rings. The van der Waals surface area contributed by atoms with E-state index in [0.717, 1.165) is 18.2 Å². The number of hydrogen-bond acceptors (Lipinski definition) is 6. The fourth-order valence-electron chi connectivity index (χ4n) is 6.30. The molecule has 2 aromatic carbocycles. The smallest absolute Gasteiger partial charge is 0.289 e. The summed E-state index contributed by atoms with van der Waals surface area (Å²) in [4.78, 5) is 72.2. The number of Topliss-reactive ketones (excluding diaryl/α,β-unsaturated/α-hetero) is 1. The van der Waals surface area contributed by atoms with E-state index in [1.54, 1.807) is 37.4 Å². The molecule has 1 aromatic heterocycles. The number of fused-ring (bicyclic) bond motifs is 3. The van der Waals surface area contributed by atoms with Crippen LogP contribution in [0.2, 0.25) is 0 Å². The number of benzene rings is 2. The van der Waals surface area contributed by atoms with Gasteiger partial charge in [-0.15, -0.1) is 0 Å². The first-order valence-electron chi connectivity index (χ1n) is 14.6. The topological polar surface area (TPSA) is 150 Å². The van der Waals surface area contributed by atoms with Crippen LogP contribution in [0.25, 0.3) is 10.9 Å². The number of H-pyrrole nitrogens is 1. The minimum Gasteiger partial charge on any atom is -0.496 e. The van der Waals surface area contributed by atoms with Gasteiger partial charge in [0.15, 0.2) is 0 Å². The first-order chi connectivity index (χ1) is 20.6. The Labute approximate surface area is 248 Å². The van der Waals surface area contributed by atoms with Gasteiger partial charge in [-0.05, 0) is 61.4 Å². The molecule has 2 aliphatic heterocycles. The highest BCUT2D eigenvalue weighted by molar-refractivity contribution is 6.39. The Balaban J connectivity index is 1.32. The molecule has 43 heavy (non-hydrogen) atoms. The fourth-order valence-corrected chi connectivity index (χ4v) is 6.30. The maximum absolute atomic E-state index is 14.3. The Bertz CT molecular complexity index is 1640. The molecule has 0 bridgehead atoms. The van der Waals surface area contributed by atoms with Crippen LogP contribution in [0.5, 0.6) is 5.75 Å². The molecule has 1 aliphatic carbocycles. The molecular weight excluding hydrogens is 550 g/mol. The van der Waals surface area contributed by atoms with Crippen molar-refractivity contribution in [1.82, 2.24) is 20.5 Å². The second kappa shape index (κ2) is 10.9. The maximum Gasteiger partial charge on any atom is 0.289 e. The number of aromatic amines is 1. The van der Waals surface area contributed by atoms with E-state index in [2.05, 4.69) is 20.9 Å². The highest BCUT2D eigenvalue weighted by atomic mass is 16.5. The summed E-state index contributed by atoms with van der Waals surface area (Å²) in [5, 5.41) is 9.20. The van der Waals surface area contributed by atoms with E-state index in [-0.39, 0.29) is 42.9 Å². The summed E-state index contributed by atoms with van der Waals surface area (Å²) in [6.07, 6.45) is 1.86. The molecule has 0 radical (unpaired) electrons. The Morgan fingerprint density at radius 1 is 1.09 bits per heavy atom. The molecule has 2 fully saturated rings. The van der Waals surface area contributed by atoms with E-state index < -0.39 is 41.0 Å². The van der Waals surface area contributed by atoms with Crippen molar-refractivity contribution in [3.63, 3.8) is 0 Å². The number of para-hydroxylation sites is 1. The lowest BCUT2D eigenvalue weighted by Gasteiger charge is -2.29. The van der Waals surface area contributed by atoms with E-state index in [1.165, 1.54) is 4.90 Å². The number of rotatable bonds is 9. The number of ether oxygens (including phenoxy) is 1. The van der Waals surface area contributed by atoms with Crippen molar-refractivity contribution in [1.29, 1.82) is 0 Å². The SMILES string of the molecule is COc1cccc2[nH]c(C(=O)N[C@@H](CC(C)C)C(=O)N3C[C@]4(CC3C(=O)C(=O)NC3CC3)C(=O)Nc3ccccc34)cc12. The van der Waals surface area contributed by atoms with Crippen LogP contribution in [-0.4, -0.2) is 71.1 Å². The molecule has 1 spiro atoms. The molecule has 4 amide bonds. The second-order valence-corrected chi connectivity index (χ2v) is 12.1. The Hall–Kier alpha value is -4.67. The van der Waals surface area contributed by atoms with Crippen LogP contribution in [0.4, 0.5) is 5.69 Å². The number of ketones is 1. The molecular formula is C32H35N5O6. The van der Waals surface area contributed by atoms with E-state index >= 15 is 0 Å². The molecule has 6 rings (SSSR count). The van der Waals surface area contributed by atoms with Gasteiger partial charge < -0.3 is 30.6 Å². The zero-order valence-corrected chi connectivity index (χ0v) is 24.4. The normalized spacial score (nSPS) is 21.5. The molecule has 11 nitrogen and oxygen atoms in total. The van der Waals surface area contributed by atoms with E-state index in [4.69, 9.17) is 4.74 Å². The number of nitrogens with one attached hydrogen (secondary N) is 4. The Kier molecular flexibility index (Phi) is 7.19. The Morgan fingerprint density at radius 3 is 2.58 bits per heavy atom. The first-order valence-corrected chi connectivity index (χ1v) is 14.6. The van der Waals surface area contributed by atoms with Crippen molar-refractivity contribution < 1.29 is 28.7 Å². The summed E-state index contributed by atoms with van der Waals surface area (Å²) in [6, 6.07) is 12.1. The average Bonchev–Trinajstić information content (AvgIpc) is 3.43. The van der Waals surface area contributed by atoms with Crippen molar-refractivity contribution in [2.24, 2.45) is 5.92 Å². The number of carbonyl (C=O) groups is 5. The van der Waals surface area contributed by atoms with Gasteiger partial charge in [0.2, 0.25) is 17.6 Å². The maximum atomic E-state index is 14.3. The predicted molar refractivity (Wildman–Crippen MR) is 159 cm³/mol. The van der Waals surface area contributed by atoms with Gasteiger partial charge in [0.1, 0.15) is 23.5 Å². The molecule has 11 heteroatoms. The molecule has 3 aromatic rings. The number of likely N-dealkylation sites (tertiary alicyclic amines) is 1.